The zero-order valence-corrected chi connectivity index (χ0v) is 18.2. The Kier molecular flexibility index (Phi) is 6.53. The van der Waals surface area contributed by atoms with E-state index in [-0.39, 0.29) is 34.4 Å². The van der Waals surface area contributed by atoms with Crippen LogP contribution in [0.15, 0.2) is 18.2 Å². The minimum absolute atomic E-state index is 0.0812. The Hall–Kier alpha value is -3.09. The summed E-state index contributed by atoms with van der Waals surface area (Å²) in [7, 11) is 0. The highest BCUT2D eigenvalue weighted by Gasteiger charge is 2.30. The van der Waals surface area contributed by atoms with Crippen molar-refractivity contribution in [3.63, 3.8) is 0 Å². The van der Waals surface area contributed by atoms with Crippen LogP contribution in [0.2, 0.25) is 0 Å². The molecule has 31 heavy (non-hydrogen) atoms. The first-order valence-electron chi connectivity index (χ1n) is 9.37. The molecular weight excluding hydrogens is 523 g/mol. The Bertz CT molecular complexity index is 1130. The summed E-state index contributed by atoms with van der Waals surface area (Å²) in [6.45, 7) is 0. The summed E-state index contributed by atoms with van der Waals surface area (Å²) < 4.78 is 0.346. The van der Waals surface area contributed by atoms with Crippen LogP contribution in [0.3, 0.4) is 0 Å². The first-order valence-corrected chi connectivity index (χ1v) is 10.5. The maximum absolute atomic E-state index is 11.6. The number of halogens is 1. The Balaban J connectivity index is 0.000000176. The SMILES string of the molecule is O=C1CCCc2c1cc(I)c(O)c2[N+](=O)[O-].O=C1CCCc2c1ccc(O)c2[N+](=O)[O-]. The number of nitro groups is 2. The van der Waals surface area contributed by atoms with E-state index in [0.717, 1.165) is 0 Å². The lowest BCUT2D eigenvalue weighted by molar-refractivity contribution is -0.386. The number of phenolic OH excluding ortho intramolecular Hbond substituents is 2. The first-order chi connectivity index (χ1) is 14.6. The molecule has 2 aliphatic rings. The largest absolute Gasteiger partial charge is 0.502 e. The van der Waals surface area contributed by atoms with Crippen LogP contribution in [0.25, 0.3) is 0 Å². The molecule has 0 atom stereocenters. The highest BCUT2D eigenvalue weighted by molar-refractivity contribution is 14.1. The fourth-order valence-electron chi connectivity index (χ4n) is 3.83. The lowest BCUT2D eigenvalue weighted by Crippen LogP contribution is -2.13. The summed E-state index contributed by atoms with van der Waals surface area (Å²) in [6.07, 6.45) is 3.01. The van der Waals surface area contributed by atoms with Gasteiger partial charge in [-0.2, -0.15) is 0 Å². The van der Waals surface area contributed by atoms with E-state index < -0.39 is 9.85 Å². The highest BCUT2D eigenvalue weighted by Crippen LogP contribution is 2.40. The highest BCUT2D eigenvalue weighted by atomic mass is 127. The molecular formula is C20H17IN2O8. The molecule has 0 spiro atoms. The molecule has 0 aliphatic heterocycles. The Morgan fingerprint density at radius 3 is 1.87 bits per heavy atom. The van der Waals surface area contributed by atoms with Gasteiger partial charge >= 0.3 is 11.4 Å². The van der Waals surface area contributed by atoms with Gasteiger partial charge in [0.25, 0.3) is 0 Å². The zero-order chi connectivity index (χ0) is 22.9. The number of carbonyl (C=O) groups is 2. The predicted octanol–water partition coefficient (Wildman–Crippen LogP) is 4.24. The fraction of sp³-hybridized carbons (Fsp3) is 0.300. The molecule has 11 heteroatoms. The minimum Gasteiger partial charge on any atom is -0.502 e. The van der Waals surface area contributed by atoms with Gasteiger partial charge in [0.2, 0.25) is 5.75 Å². The number of carbonyl (C=O) groups excluding carboxylic acids is 2. The lowest BCUT2D eigenvalue weighted by Gasteiger charge is -2.15. The van der Waals surface area contributed by atoms with Crippen LogP contribution in [0.4, 0.5) is 11.4 Å². The van der Waals surface area contributed by atoms with Gasteiger partial charge in [0.05, 0.1) is 13.4 Å². The molecule has 10 nitrogen and oxygen atoms in total. The average Bonchev–Trinajstić information content (AvgIpc) is 2.69. The van der Waals surface area contributed by atoms with Gasteiger partial charge < -0.3 is 10.2 Å². The first kappa shape index (κ1) is 22.6. The maximum atomic E-state index is 11.6. The molecule has 0 radical (unpaired) electrons. The maximum Gasteiger partial charge on any atom is 0.315 e. The van der Waals surface area contributed by atoms with Crippen LogP contribution in [0.1, 0.15) is 57.5 Å². The quantitative estimate of drug-likeness (QED) is 0.325. The van der Waals surface area contributed by atoms with Crippen molar-refractivity contribution in [2.45, 2.75) is 38.5 Å². The number of nitrogens with zero attached hydrogens (tertiary/aromatic N) is 2. The smallest absolute Gasteiger partial charge is 0.315 e. The topological polar surface area (TPSA) is 161 Å². The predicted molar refractivity (Wildman–Crippen MR) is 117 cm³/mol. The third kappa shape index (κ3) is 4.36. The molecule has 0 saturated heterocycles. The van der Waals surface area contributed by atoms with E-state index in [1.165, 1.54) is 18.2 Å². The number of hydrogen-bond donors (Lipinski definition) is 2. The molecule has 0 amide bonds. The van der Waals surface area contributed by atoms with Crippen LogP contribution >= 0.6 is 22.6 Å². The van der Waals surface area contributed by atoms with Gasteiger partial charge in [-0.3, -0.25) is 29.8 Å². The molecule has 0 aromatic heterocycles. The summed E-state index contributed by atoms with van der Waals surface area (Å²) in [5.41, 5.74) is 0.886. The third-order valence-corrected chi connectivity index (χ3v) is 6.04. The summed E-state index contributed by atoms with van der Waals surface area (Å²) in [5.74, 6) is -0.867. The monoisotopic (exact) mass is 540 g/mol. The van der Waals surface area contributed by atoms with E-state index in [1.807, 2.05) is 0 Å². The Morgan fingerprint density at radius 1 is 0.806 bits per heavy atom. The van der Waals surface area contributed by atoms with E-state index >= 15 is 0 Å². The molecule has 2 aromatic rings. The van der Waals surface area contributed by atoms with E-state index in [2.05, 4.69) is 0 Å². The minimum atomic E-state index is -0.632. The molecule has 0 fully saturated rings. The van der Waals surface area contributed by atoms with Crippen LogP contribution in [0.5, 0.6) is 11.5 Å². The second-order valence-corrected chi connectivity index (χ2v) is 8.27. The Morgan fingerprint density at radius 2 is 1.32 bits per heavy atom. The second-order valence-electron chi connectivity index (χ2n) is 7.11. The van der Waals surface area contributed by atoms with Gasteiger partial charge in [0.15, 0.2) is 17.3 Å². The number of ketones is 2. The number of phenols is 2. The van der Waals surface area contributed by atoms with Gasteiger partial charge in [-0.05, 0) is 66.5 Å². The molecule has 162 valence electrons. The van der Waals surface area contributed by atoms with Crippen molar-refractivity contribution < 1.29 is 29.6 Å². The number of benzene rings is 2. The molecule has 2 aliphatic carbocycles. The number of fused-ring (bicyclic) bond motifs is 2. The van der Waals surface area contributed by atoms with Crippen LogP contribution in [0, 0.1) is 23.8 Å². The van der Waals surface area contributed by atoms with Crippen molar-refractivity contribution in [2.24, 2.45) is 0 Å². The van der Waals surface area contributed by atoms with Crippen molar-refractivity contribution >= 4 is 45.5 Å². The molecule has 0 unspecified atom stereocenters. The van der Waals surface area contributed by atoms with E-state index in [4.69, 9.17) is 0 Å². The number of nitro benzene ring substituents is 2. The normalized spacial score (nSPS) is 14.7. The van der Waals surface area contributed by atoms with Gasteiger partial charge in [-0.15, -0.1) is 0 Å². The lowest BCUT2D eigenvalue weighted by atomic mass is 9.89. The molecule has 2 aromatic carbocycles. The van der Waals surface area contributed by atoms with Crippen molar-refractivity contribution in [1.29, 1.82) is 0 Å². The summed E-state index contributed by atoms with van der Waals surface area (Å²) in [5, 5.41) is 40.6. The van der Waals surface area contributed by atoms with E-state index in [0.29, 0.717) is 64.3 Å². The standard InChI is InChI=1S/C10H8INO4.C10H9NO4/c11-7-4-6-5(2-1-3-8(6)13)9(10(7)14)12(15)16;12-8-3-1-2-7-6(8)4-5-9(13)10(7)11(14)15/h4,14H,1-3H2;4-5,13H,1-3H2. The van der Waals surface area contributed by atoms with Crippen LogP contribution < -0.4 is 0 Å². The van der Waals surface area contributed by atoms with Crippen molar-refractivity contribution in [2.75, 3.05) is 0 Å². The van der Waals surface area contributed by atoms with Crippen LogP contribution in [-0.4, -0.2) is 31.6 Å². The summed E-state index contributed by atoms with van der Waals surface area (Å²) >= 11 is 1.79. The van der Waals surface area contributed by atoms with Crippen LogP contribution in [-0.2, 0) is 12.8 Å². The number of rotatable bonds is 2. The molecule has 0 heterocycles. The molecule has 4 rings (SSSR count). The van der Waals surface area contributed by atoms with Crippen molar-refractivity contribution in [3.8, 4) is 11.5 Å². The third-order valence-electron chi connectivity index (χ3n) is 5.22. The van der Waals surface area contributed by atoms with Gasteiger partial charge in [0.1, 0.15) is 0 Å². The molecule has 0 saturated carbocycles. The van der Waals surface area contributed by atoms with Gasteiger partial charge in [-0.25, -0.2) is 0 Å². The number of Topliss-reactive ketones (excluding diaryl/α,β-unsaturated/α-hetero) is 2. The van der Waals surface area contributed by atoms with E-state index in [9.17, 15) is 40.0 Å². The van der Waals surface area contributed by atoms with Gasteiger partial charge in [-0.1, -0.05) is 0 Å². The van der Waals surface area contributed by atoms with Crippen molar-refractivity contribution in [1.82, 2.24) is 0 Å². The van der Waals surface area contributed by atoms with Crippen molar-refractivity contribution in [3.05, 3.63) is 64.3 Å². The number of aromatic hydroxyl groups is 2. The molecule has 2 N–H and O–H groups in total. The molecule has 0 bridgehead atoms. The van der Waals surface area contributed by atoms with Gasteiger partial charge in [0, 0.05) is 35.1 Å². The second kappa shape index (κ2) is 8.96. The van der Waals surface area contributed by atoms with E-state index in [1.54, 1.807) is 22.6 Å². The Labute approximate surface area is 189 Å². The summed E-state index contributed by atoms with van der Waals surface area (Å²) in [6, 6.07) is 4.19. The number of hydrogen-bond acceptors (Lipinski definition) is 8. The zero-order valence-electron chi connectivity index (χ0n) is 16.1. The average molecular weight is 540 g/mol. The fourth-order valence-corrected chi connectivity index (χ4v) is 4.39. The summed E-state index contributed by atoms with van der Waals surface area (Å²) in [4.78, 5) is 43.5.